The maximum atomic E-state index is 14.1. The summed E-state index contributed by atoms with van der Waals surface area (Å²) in [5, 5.41) is 35.5. The van der Waals surface area contributed by atoms with E-state index in [1.54, 1.807) is 0 Å². The molecule has 0 bridgehead atoms. The summed E-state index contributed by atoms with van der Waals surface area (Å²) < 4.78 is 0. The van der Waals surface area contributed by atoms with E-state index in [-0.39, 0.29) is 140 Å². The first-order valence-electron chi connectivity index (χ1n) is 35.7. The van der Waals surface area contributed by atoms with Gasteiger partial charge in [0.25, 0.3) is 0 Å². The van der Waals surface area contributed by atoms with Gasteiger partial charge in [-0.2, -0.15) is 0 Å². The number of aliphatic imine (C=N–C) groups is 4. The normalized spacial score (nSPS) is 12.9. The van der Waals surface area contributed by atoms with Crippen molar-refractivity contribution in [1.29, 1.82) is 0 Å². The Morgan fingerprint density at radius 1 is 0.287 bits per heavy atom. The van der Waals surface area contributed by atoms with Crippen LogP contribution in [0.5, 0.6) is 0 Å². The number of carboxylic acids is 1. The standard InChI is InChI=1S/C64H125N25O12/c1-2-3-4-5-6-7-8-9-10-11-12-13-14-32-50(90)83-43(28-21-36-76-61(68)69)54(94)82-42-53(93)85-45(29-22-37-77-62(70)71)56(96)86-44(25-15-18-33-65)55(95)81-40-51(91)80-41-52(92)84-46(30-23-38-78-63(72)73)57(97)88-48(31-24-39-79-64(74)75)58(98)87-47(26-16-19-34-66)59(99)89-49(60(100)101)27-17-20-35-67/h43-49H,2-42,65-67H2,1H3,(H,80,91)(H,81,95)(H,82,94)(H,83,90)(H,84,92)(H,85,93)(H,86,96)(H,87,98)(H,88,97)(H,89,99)(H,100,101)(H4,68,69,76)(H4,70,71,77)(H4,72,73,78)(H4,74,75,79)/t43-,44-,45-,46-,47-,48-,49-/m0/s1. The Bertz CT molecular complexity index is 2560. The average Bonchev–Trinajstić information content (AvgIpc) is 0.904. The zero-order valence-corrected chi connectivity index (χ0v) is 59.6. The summed E-state index contributed by atoms with van der Waals surface area (Å²) in [6.07, 6.45) is 18.3. The molecule has 0 aliphatic carbocycles. The quantitative estimate of drug-likeness (QED) is 0.0156. The fraction of sp³-hybridized carbons (Fsp3) is 0.766. The lowest BCUT2D eigenvalue weighted by Crippen LogP contribution is -2.58. The summed E-state index contributed by atoms with van der Waals surface area (Å²) >= 11 is 0. The Morgan fingerprint density at radius 2 is 0.545 bits per heavy atom. The van der Waals surface area contributed by atoms with E-state index < -0.39 is 121 Å². The highest BCUT2D eigenvalue weighted by Gasteiger charge is 2.33. The molecule has 0 aromatic carbocycles. The van der Waals surface area contributed by atoms with Crippen LogP contribution in [0.3, 0.4) is 0 Å². The van der Waals surface area contributed by atoms with Gasteiger partial charge in [0.2, 0.25) is 59.1 Å². The van der Waals surface area contributed by atoms with Gasteiger partial charge in [0, 0.05) is 32.6 Å². The van der Waals surface area contributed by atoms with Crippen molar-refractivity contribution in [1.82, 2.24) is 53.2 Å². The van der Waals surface area contributed by atoms with Gasteiger partial charge < -0.3 is 121 Å². The number of carbonyl (C=O) groups excluding carboxylic acids is 10. The molecule has 101 heavy (non-hydrogen) atoms. The van der Waals surface area contributed by atoms with Gasteiger partial charge in [0.1, 0.15) is 42.3 Å². The number of unbranched alkanes of at least 4 members (excludes halogenated alkanes) is 15. The van der Waals surface area contributed by atoms with Crippen LogP contribution in [0.4, 0.5) is 0 Å². The van der Waals surface area contributed by atoms with Gasteiger partial charge in [-0.05, 0) is 135 Å². The number of nitrogens with one attached hydrogen (secondary N) is 10. The van der Waals surface area contributed by atoms with Gasteiger partial charge in [-0.1, -0.05) is 84.0 Å². The highest BCUT2D eigenvalue weighted by atomic mass is 16.4. The van der Waals surface area contributed by atoms with Gasteiger partial charge in [0.15, 0.2) is 23.8 Å². The van der Waals surface area contributed by atoms with Crippen LogP contribution in [-0.2, 0) is 52.7 Å². The minimum Gasteiger partial charge on any atom is -0.480 e. The lowest BCUT2D eigenvalue weighted by molar-refractivity contribution is -0.142. The number of amides is 10. The second kappa shape index (κ2) is 58.9. The predicted molar refractivity (Wildman–Crippen MR) is 389 cm³/mol. The average molecular weight is 1440 g/mol. The molecule has 0 saturated carbocycles. The molecule has 37 nitrogen and oxygen atoms in total. The van der Waals surface area contributed by atoms with Gasteiger partial charge in [-0.3, -0.25) is 67.9 Å². The van der Waals surface area contributed by atoms with Crippen molar-refractivity contribution < 1.29 is 57.8 Å². The van der Waals surface area contributed by atoms with E-state index in [1.165, 1.54) is 51.4 Å². The number of carbonyl (C=O) groups is 11. The molecule has 33 N–H and O–H groups in total. The highest BCUT2D eigenvalue weighted by Crippen LogP contribution is 2.15. The molecule has 0 fully saturated rings. The molecule has 0 aliphatic heterocycles. The Morgan fingerprint density at radius 3 is 0.871 bits per heavy atom. The zero-order valence-electron chi connectivity index (χ0n) is 59.6. The van der Waals surface area contributed by atoms with Crippen molar-refractivity contribution >= 4 is 88.9 Å². The number of aliphatic carboxylic acids is 1. The number of carboxylic acid groups (broad SMARTS) is 1. The van der Waals surface area contributed by atoms with Crippen molar-refractivity contribution in [2.24, 2.45) is 83.0 Å². The fourth-order valence-electron chi connectivity index (χ4n) is 10.3. The third kappa shape index (κ3) is 50.2. The molecular weight excluding hydrogens is 1310 g/mol. The molecule has 0 saturated heterocycles. The molecule has 578 valence electrons. The summed E-state index contributed by atoms with van der Waals surface area (Å²) in [4.78, 5) is 165. The lowest BCUT2D eigenvalue weighted by Gasteiger charge is -2.26. The molecule has 37 heteroatoms. The lowest BCUT2D eigenvalue weighted by atomic mass is 10.0. The van der Waals surface area contributed by atoms with E-state index in [2.05, 4.69) is 80.1 Å². The summed E-state index contributed by atoms with van der Waals surface area (Å²) in [7, 11) is 0. The van der Waals surface area contributed by atoms with Gasteiger partial charge in [-0.15, -0.1) is 0 Å². The molecule has 0 radical (unpaired) electrons. The molecule has 0 spiro atoms. The Labute approximate surface area is 594 Å². The van der Waals surface area contributed by atoms with Crippen LogP contribution in [0.25, 0.3) is 0 Å². The summed E-state index contributed by atoms with van der Waals surface area (Å²) in [6, 6.07) is -8.98. The van der Waals surface area contributed by atoms with E-state index in [0.29, 0.717) is 57.9 Å². The number of guanidine groups is 4. The fourth-order valence-corrected chi connectivity index (χ4v) is 10.3. The van der Waals surface area contributed by atoms with Crippen molar-refractivity contribution in [3.8, 4) is 0 Å². The van der Waals surface area contributed by atoms with Crippen molar-refractivity contribution in [3.63, 3.8) is 0 Å². The number of hydrogen-bond donors (Lipinski definition) is 22. The number of rotatable bonds is 62. The molecule has 0 unspecified atom stereocenters. The van der Waals surface area contributed by atoms with E-state index in [1.807, 2.05) is 0 Å². The molecule has 0 heterocycles. The highest BCUT2D eigenvalue weighted by molar-refractivity contribution is 5.97. The Kier molecular flexibility index (Phi) is 53.7. The van der Waals surface area contributed by atoms with Gasteiger partial charge in [-0.25, -0.2) is 4.79 Å². The first-order chi connectivity index (χ1) is 48.3. The Balaban J connectivity index is 6.28. The van der Waals surface area contributed by atoms with Crippen molar-refractivity contribution in [3.05, 3.63) is 0 Å². The van der Waals surface area contributed by atoms with Gasteiger partial charge >= 0.3 is 5.97 Å². The van der Waals surface area contributed by atoms with Crippen LogP contribution in [0.15, 0.2) is 20.0 Å². The first kappa shape index (κ1) is 92.1. The second-order valence-corrected chi connectivity index (χ2v) is 24.8. The Hall–Kier alpha value is -8.87. The molecular formula is C64H125N25O12. The third-order valence-corrected chi connectivity index (χ3v) is 15.9. The summed E-state index contributed by atoms with van der Waals surface area (Å²) in [5.74, 6) is -9.86. The number of hydrogen-bond acceptors (Lipinski definition) is 18. The maximum absolute atomic E-state index is 14.1. The van der Waals surface area contributed by atoms with Crippen molar-refractivity contribution in [2.75, 3.05) is 65.4 Å². The van der Waals surface area contributed by atoms with Crippen LogP contribution >= 0.6 is 0 Å². The van der Waals surface area contributed by atoms with Crippen LogP contribution in [0.2, 0.25) is 0 Å². The molecule has 0 aromatic heterocycles. The number of nitrogens with zero attached hydrogens (tertiary/aromatic N) is 4. The summed E-state index contributed by atoms with van der Waals surface area (Å²) in [5.41, 5.74) is 61.1. The maximum Gasteiger partial charge on any atom is 0.326 e. The molecule has 0 aromatic rings. The molecule has 0 rings (SSSR count). The van der Waals surface area contributed by atoms with E-state index >= 15 is 0 Å². The number of nitrogens with two attached hydrogens (primary N) is 11. The largest absolute Gasteiger partial charge is 0.480 e. The topological polar surface area (TPSA) is 664 Å². The van der Waals surface area contributed by atoms with Crippen molar-refractivity contribution in [2.45, 2.75) is 248 Å². The predicted octanol–water partition coefficient (Wildman–Crippen LogP) is -4.10. The van der Waals surface area contributed by atoms with Crippen LogP contribution in [0, 0.1) is 0 Å². The zero-order chi connectivity index (χ0) is 75.6. The van der Waals surface area contributed by atoms with E-state index in [9.17, 15) is 57.8 Å². The SMILES string of the molecule is CCCCCCCCCCCCCCCC(=O)N[C@@H](CCCN=C(N)N)C(=O)NCC(=O)N[C@@H](CCCN=C(N)N)C(=O)N[C@@H](CCCCN)C(=O)NCC(=O)NCC(=O)N[C@@H](CCCN=C(N)N)C(=O)N[C@@H](CCCN=C(N)N)C(=O)N[C@@H](CCCCN)C(=O)N[C@@H](CCCCN)C(=O)O. The second-order valence-electron chi connectivity index (χ2n) is 24.8. The van der Waals surface area contributed by atoms with E-state index in [4.69, 9.17) is 63.1 Å². The first-order valence-corrected chi connectivity index (χ1v) is 35.7. The minimum atomic E-state index is -1.39. The monoisotopic (exact) mass is 1440 g/mol. The van der Waals surface area contributed by atoms with Gasteiger partial charge in [0.05, 0.1) is 19.6 Å². The molecule has 10 amide bonds. The molecule has 7 atom stereocenters. The van der Waals surface area contributed by atoms with E-state index in [0.717, 1.165) is 25.7 Å². The third-order valence-electron chi connectivity index (χ3n) is 15.9. The van der Waals surface area contributed by atoms with Crippen LogP contribution < -0.4 is 116 Å². The minimum absolute atomic E-state index is 0.0140. The molecule has 0 aliphatic rings. The smallest absolute Gasteiger partial charge is 0.326 e. The van der Waals surface area contributed by atoms with Crippen LogP contribution in [0.1, 0.15) is 206 Å². The van der Waals surface area contributed by atoms with Crippen LogP contribution in [-0.4, -0.2) is 202 Å². The summed E-state index contributed by atoms with van der Waals surface area (Å²) in [6.45, 7) is 1.23.